The molecule has 1 aliphatic rings. The van der Waals surface area contributed by atoms with Crippen LogP contribution in [0.1, 0.15) is 61.2 Å². The summed E-state index contributed by atoms with van der Waals surface area (Å²) in [6.45, 7) is 3.81. The van der Waals surface area contributed by atoms with E-state index in [-0.39, 0.29) is 17.3 Å². The number of oxazole rings is 1. The van der Waals surface area contributed by atoms with Crippen LogP contribution < -0.4 is 0 Å². The van der Waals surface area contributed by atoms with Crippen molar-refractivity contribution in [1.82, 2.24) is 4.98 Å². The fourth-order valence-electron chi connectivity index (χ4n) is 2.30. The van der Waals surface area contributed by atoms with E-state index in [2.05, 4.69) is 4.98 Å². The van der Waals surface area contributed by atoms with Crippen LogP contribution in [0.4, 0.5) is 0 Å². The van der Waals surface area contributed by atoms with Gasteiger partial charge in [0.2, 0.25) is 5.76 Å². The highest BCUT2D eigenvalue weighted by molar-refractivity contribution is 5.85. The van der Waals surface area contributed by atoms with Crippen LogP contribution in [0.5, 0.6) is 0 Å². The number of carboxylic acid groups (broad SMARTS) is 1. The third-order valence-electron chi connectivity index (χ3n) is 3.61. The van der Waals surface area contributed by atoms with Gasteiger partial charge in [-0.3, -0.25) is 0 Å². The van der Waals surface area contributed by atoms with Gasteiger partial charge in [0.25, 0.3) is 0 Å². The van der Waals surface area contributed by atoms with E-state index in [4.69, 9.17) is 14.3 Å². The third-order valence-corrected chi connectivity index (χ3v) is 3.61. The van der Waals surface area contributed by atoms with Gasteiger partial charge in [0.1, 0.15) is 0 Å². The molecule has 5 heteroatoms. The van der Waals surface area contributed by atoms with E-state index in [0.717, 1.165) is 19.3 Å². The molecular formula is C13H19NO4. The Labute approximate surface area is 106 Å². The Hall–Kier alpha value is -1.36. The van der Waals surface area contributed by atoms with Crippen molar-refractivity contribution in [2.24, 2.45) is 0 Å². The molecule has 1 saturated carbocycles. The van der Waals surface area contributed by atoms with Crippen LogP contribution in [0.25, 0.3) is 0 Å². The van der Waals surface area contributed by atoms with Gasteiger partial charge in [-0.05, 0) is 25.2 Å². The SMILES string of the molecule is COC1(Cc2nc(C(C)C)c(C(=O)O)o2)CCC1. The van der Waals surface area contributed by atoms with E-state index >= 15 is 0 Å². The van der Waals surface area contributed by atoms with Crippen LogP contribution in [-0.2, 0) is 11.2 Å². The van der Waals surface area contributed by atoms with Gasteiger partial charge in [-0.1, -0.05) is 13.8 Å². The van der Waals surface area contributed by atoms with E-state index in [9.17, 15) is 4.79 Å². The molecule has 100 valence electrons. The van der Waals surface area contributed by atoms with Gasteiger partial charge < -0.3 is 14.3 Å². The Morgan fingerprint density at radius 3 is 2.56 bits per heavy atom. The topological polar surface area (TPSA) is 72.6 Å². The summed E-state index contributed by atoms with van der Waals surface area (Å²) in [5, 5.41) is 9.09. The highest BCUT2D eigenvalue weighted by atomic mass is 16.5. The number of carboxylic acids is 1. The summed E-state index contributed by atoms with van der Waals surface area (Å²) in [5.41, 5.74) is 0.317. The molecule has 0 bridgehead atoms. The van der Waals surface area contributed by atoms with E-state index in [0.29, 0.717) is 18.0 Å². The van der Waals surface area contributed by atoms with Gasteiger partial charge in [0, 0.05) is 7.11 Å². The maximum Gasteiger partial charge on any atom is 0.373 e. The van der Waals surface area contributed by atoms with Crippen molar-refractivity contribution in [3.05, 3.63) is 17.3 Å². The maximum absolute atomic E-state index is 11.1. The molecule has 1 aromatic heterocycles. The molecule has 0 spiro atoms. The van der Waals surface area contributed by atoms with Crippen molar-refractivity contribution in [3.8, 4) is 0 Å². The zero-order valence-electron chi connectivity index (χ0n) is 11.0. The predicted octanol–water partition coefficient (Wildman–Crippen LogP) is 2.61. The molecular weight excluding hydrogens is 234 g/mol. The minimum atomic E-state index is -1.06. The largest absolute Gasteiger partial charge is 0.475 e. The maximum atomic E-state index is 11.1. The lowest BCUT2D eigenvalue weighted by Crippen LogP contribution is -2.41. The Balaban J connectivity index is 2.24. The van der Waals surface area contributed by atoms with Gasteiger partial charge in [-0.25, -0.2) is 9.78 Å². The molecule has 0 aliphatic heterocycles. The van der Waals surface area contributed by atoms with E-state index < -0.39 is 5.97 Å². The molecule has 0 amide bonds. The number of nitrogens with zero attached hydrogens (tertiary/aromatic N) is 1. The second kappa shape index (κ2) is 4.72. The van der Waals surface area contributed by atoms with E-state index in [1.807, 2.05) is 13.8 Å². The first-order valence-electron chi connectivity index (χ1n) is 6.25. The number of hydrogen-bond acceptors (Lipinski definition) is 4. The number of aromatic carboxylic acids is 1. The normalized spacial score (nSPS) is 17.8. The second-order valence-corrected chi connectivity index (χ2v) is 5.20. The average Bonchev–Trinajstić information content (AvgIpc) is 2.67. The van der Waals surface area contributed by atoms with Crippen LogP contribution in [0.3, 0.4) is 0 Å². The van der Waals surface area contributed by atoms with Crippen LogP contribution in [0, 0.1) is 0 Å². The van der Waals surface area contributed by atoms with Crippen molar-refractivity contribution in [3.63, 3.8) is 0 Å². The summed E-state index contributed by atoms with van der Waals surface area (Å²) >= 11 is 0. The monoisotopic (exact) mass is 253 g/mol. The molecule has 0 radical (unpaired) electrons. The molecule has 1 fully saturated rings. The quantitative estimate of drug-likeness (QED) is 0.873. The summed E-state index contributed by atoms with van der Waals surface area (Å²) in [5.74, 6) is -0.589. The molecule has 2 rings (SSSR count). The molecule has 5 nitrogen and oxygen atoms in total. The number of aromatic nitrogens is 1. The summed E-state index contributed by atoms with van der Waals surface area (Å²) in [6.07, 6.45) is 3.64. The molecule has 0 unspecified atom stereocenters. The molecule has 1 heterocycles. The van der Waals surface area contributed by atoms with E-state index in [1.165, 1.54) is 0 Å². The van der Waals surface area contributed by atoms with Gasteiger partial charge in [-0.2, -0.15) is 0 Å². The number of methoxy groups -OCH3 is 1. The number of hydrogen-bond donors (Lipinski definition) is 1. The minimum Gasteiger partial charge on any atom is -0.475 e. The molecule has 0 saturated heterocycles. The molecule has 18 heavy (non-hydrogen) atoms. The third kappa shape index (κ3) is 2.27. The molecule has 0 atom stereocenters. The Morgan fingerprint density at radius 2 is 2.22 bits per heavy atom. The van der Waals surface area contributed by atoms with Crippen LogP contribution >= 0.6 is 0 Å². The molecule has 1 aromatic rings. The standard InChI is InChI=1S/C13H19NO4/c1-8(2)10-11(12(15)16)18-9(14-10)7-13(17-3)5-4-6-13/h8H,4-7H2,1-3H3,(H,15,16). The summed E-state index contributed by atoms with van der Waals surface area (Å²) in [7, 11) is 1.68. The first kappa shape index (κ1) is 13.1. The lowest BCUT2D eigenvalue weighted by molar-refractivity contribution is -0.0746. The number of carbonyl (C=O) groups is 1. The minimum absolute atomic E-state index is 0.0356. The fourth-order valence-corrected chi connectivity index (χ4v) is 2.30. The van der Waals surface area contributed by atoms with Crippen molar-refractivity contribution >= 4 is 5.97 Å². The van der Waals surface area contributed by atoms with Gasteiger partial charge in [0.05, 0.1) is 17.7 Å². The van der Waals surface area contributed by atoms with Gasteiger partial charge in [-0.15, -0.1) is 0 Å². The van der Waals surface area contributed by atoms with Gasteiger partial charge >= 0.3 is 5.97 Å². The Morgan fingerprint density at radius 1 is 1.56 bits per heavy atom. The summed E-state index contributed by atoms with van der Waals surface area (Å²) in [6, 6.07) is 0. The predicted molar refractivity (Wildman–Crippen MR) is 64.8 cm³/mol. The lowest BCUT2D eigenvalue weighted by Gasteiger charge is -2.39. The number of ether oxygens (including phenoxy) is 1. The van der Waals surface area contributed by atoms with Crippen LogP contribution in [0.15, 0.2) is 4.42 Å². The molecule has 1 N–H and O–H groups in total. The second-order valence-electron chi connectivity index (χ2n) is 5.20. The molecule has 0 aromatic carbocycles. The lowest BCUT2D eigenvalue weighted by atomic mass is 9.77. The Kier molecular flexibility index (Phi) is 3.43. The highest BCUT2D eigenvalue weighted by Crippen LogP contribution is 2.38. The first-order chi connectivity index (χ1) is 8.47. The molecule has 1 aliphatic carbocycles. The van der Waals surface area contributed by atoms with E-state index in [1.54, 1.807) is 7.11 Å². The van der Waals surface area contributed by atoms with Crippen molar-refractivity contribution in [1.29, 1.82) is 0 Å². The Bertz CT molecular complexity index is 440. The smallest absolute Gasteiger partial charge is 0.373 e. The summed E-state index contributed by atoms with van der Waals surface area (Å²) in [4.78, 5) is 15.4. The van der Waals surface area contributed by atoms with Crippen LogP contribution in [-0.4, -0.2) is 28.8 Å². The van der Waals surface area contributed by atoms with Crippen molar-refractivity contribution in [2.75, 3.05) is 7.11 Å². The zero-order chi connectivity index (χ0) is 13.3. The number of rotatable bonds is 5. The average molecular weight is 253 g/mol. The first-order valence-corrected chi connectivity index (χ1v) is 6.25. The van der Waals surface area contributed by atoms with Crippen LogP contribution in [0.2, 0.25) is 0 Å². The van der Waals surface area contributed by atoms with Crippen molar-refractivity contribution in [2.45, 2.75) is 51.0 Å². The van der Waals surface area contributed by atoms with Gasteiger partial charge in [0.15, 0.2) is 5.89 Å². The highest BCUT2D eigenvalue weighted by Gasteiger charge is 2.39. The summed E-state index contributed by atoms with van der Waals surface area (Å²) < 4.78 is 10.9. The van der Waals surface area contributed by atoms with Crippen molar-refractivity contribution < 1.29 is 19.1 Å². The fraction of sp³-hybridized carbons (Fsp3) is 0.692. The zero-order valence-corrected chi connectivity index (χ0v) is 11.0.